The van der Waals surface area contributed by atoms with Crippen LogP contribution in [0.2, 0.25) is 0 Å². The fourth-order valence-corrected chi connectivity index (χ4v) is 2.84. The molecule has 0 aliphatic heterocycles. The van der Waals surface area contributed by atoms with Crippen molar-refractivity contribution in [2.75, 3.05) is 13.7 Å². The van der Waals surface area contributed by atoms with Crippen LogP contribution in [-0.4, -0.2) is 24.7 Å². The number of carbonyl (C=O) groups excluding carboxylic acids is 1. The molecule has 0 unspecified atom stereocenters. The van der Waals surface area contributed by atoms with Gasteiger partial charge in [-0.15, -0.1) is 0 Å². The van der Waals surface area contributed by atoms with E-state index in [0.717, 1.165) is 21.9 Å². The summed E-state index contributed by atoms with van der Waals surface area (Å²) in [6, 6.07) is 11.3. The van der Waals surface area contributed by atoms with Gasteiger partial charge in [0.15, 0.2) is 17.0 Å². The van der Waals surface area contributed by atoms with Crippen LogP contribution in [0.4, 0.5) is 0 Å². The standard InChI is InChI=1S/C19H15NO5/c1-3-23-19(21)13-10-24-18(20-13)12-8-9-15(22-2)17-16(12)11-6-4-5-7-14(11)25-17/h4-10H,3H2,1-2H3. The molecule has 6 nitrogen and oxygen atoms in total. The molecular weight excluding hydrogens is 322 g/mol. The van der Waals surface area contributed by atoms with Crippen molar-refractivity contribution < 1.29 is 23.1 Å². The van der Waals surface area contributed by atoms with E-state index in [1.54, 1.807) is 20.1 Å². The number of nitrogens with zero attached hydrogens (tertiary/aromatic N) is 1. The summed E-state index contributed by atoms with van der Waals surface area (Å²) in [7, 11) is 1.59. The fraction of sp³-hybridized carbons (Fsp3) is 0.158. The summed E-state index contributed by atoms with van der Waals surface area (Å²) in [5.74, 6) is 0.425. The van der Waals surface area contributed by atoms with E-state index in [0.29, 0.717) is 17.2 Å². The fourth-order valence-electron chi connectivity index (χ4n) is 2.84. The van der Waals surface area contributed by atoms with Crippen LogP contribution < -0.4 is 4.74 Å². The molecule has 4 rings (SSSR count). The minimum Gasteiger partial charge on any atom is -0.493 e. The number of para-hydroxylation sites is 1. The number of hydrogen-bond acceptors (Lipinski definition) is 6. The maximum Gasteiger partial charge on any atom is 0.360 e. The Morgan fingerprint density at radius 3 is 2.84 bits per heavy atom. The minimum atomic E-state index is -0.515. The van der Waals surface area contributed by atoms with E-state index in [2.05, 4.69) is 4.98 Å². The highest BCUT2D eigenvalue weighted by molar-refractivity contribution is 6.13. The second-order valence-corrected chi connectivity index (χ2v) is 5.38. The first-order valence-electron chi connectivity index (χ1n) is 7.84. The molecule has 0 aliphatic rings. The molecule has 2 aromatic heterocycles. The van der Waals surface area contributed by atoms with E-state index in [1.807, 2.05) is 30.3 Å². The molecule has 0 spiro atoms. The molecule has 2 heterocycles. The van der Waals surface area contributed by atoms with Crippen LogP contribution in [0.1, 0.15) is 17.4 Å². The van der Waals surface area contributed by atoms with Crippen LogP contribution in [0.3, 0.4) is 0 Å². The first kappa shape index (κ1) is 15.3. The maximum atomic E-state index is 11.8. The van der Waals surface area contributed by atoms with E-state index in [4.69, 9.17) is 18.3 Å². The average molecular weight is 337 g/mol. The van der Waals surface area contributed by atoms with Gasteiger partial charge in [-0.05, 0) is 25.1 Å². The average Bonchev–Trinajstić information content (AvgIpc) is 3.26. The summed E-state index contributed by atoms with van der Waals surface area (Å²) in [4.78, 5) is 16.1. The molecule has 2 aromatic carbocycles. The quantitative estimate of drug-likeness (QED) is 0.513. The molecule has 0 fully saturated rings. The van der Waals surface area contributed by atoms with Crippen molar-refractivity contribution in [3.05, 3.63) is 48.4 Å². The van der Waals surface area contributed by atoms with Gasteiger partial charge in [0, 0.05) is 16.3 Å². The van der Waals surface area contributed by atoms with Crippen molar-refractivity contribution in [1.82, 2.24) is 4.98 Å². The van der Waals surface area contributed by atoms with E-state index in [1.165, 1.54) is 6.26 Å². The van der Waals surface area contributed by atoms with E-state index in [9.17, 15) is 4.79 Å². The molecule has 0 radical (unpaired) electrons. The zero-order chi connectivity index (χ0) is 17.4. The largest absolute Gasteiger partial charge is 0.493 e. The molecular formula is C19H15NO5. The van der Waals surface area contributed by atoms with Crippen LogP contribution >= 0.6 is 0 Å². The predicted molar refractivity (Wildman–Crippen MR) is 91.7 cm³/mol. The molecule has 0 saturated carbocycles. The molecule has 0 aliphatic carbocycles. The highest BCUT2D eigenvalue weighted by Crippen LogP contribution is 2.40. The third-order valence-corrected chi connectivity index (χ3v) is 3.93. The van der Waals surface area contributed by atoms with Crippen molar-refractivity contribution in [2.45, 2.75) is 6.92 Å². The van der Waals surface area contributed by atoms with Crippen molar-refractivity contribution in [3.63, 3.8) is 0 Å². The Balaban J connectivity index is 1.95. The van der Waals surface area contributed by atoms with Crippen LogP contribution in [0.25, 0.3) is 33.4 Å². The zero-order valence-corrected chi connectivity index (χ0v) is 13.7. The summed E-state index contributed by atoms with van der Waals surface area (Å²) in [5.41, 5.74) is 2.20. The maximum absolute atomic E-state index is 11.8. The number of methoxy groups -OCH3 is 1. The van der Waals surface area contributed by atoms with Gasteiger partial charge < -0.3 is 18.3 Å². The lowest BCUT2D eigenvalue weighted by molar-refractivity contribution is 0.0519. The Morgan fingerprint density at radius 1 is 1.20 bits per heavy atom. The number of rotatable bonds is 4. The number of esters is 1. The van der Waals surface area contributed by atoms with Crippen molar-refractivity contribution >= 4 is 27.9 Å². The third-order valence-electron chi connectivity index (χ3n) is 3.93. The van der Waals surface area contributed by atoms with Gasteiger partial charge in [0.1, 0.15) is 11.8 Å². The van der Waals surface area contributed by atoms with Crippen molar-refractivity contribution in [2.24, 2.45) is 0 Å². The number of ether oxygens (including phenoxy) is 2. The number of furan rings is 1. The van der Waals surface area contributed by atoms with Gasteiger partial charge in [0.05, 0.1) is 13.7 Å². The molecule has 0 atom stereocenters. The van der Waals surface area contributed by atoms with E-state index < -0.39 is 5.97 Å². The highest BCUT2D eigenvalue weighted by Gasteiger charge is 2.21. The number of aromatic nitrogens is 1. The molecule has 0 saturated heterocycles. The summed E-state index contributed by atoms with van der Waals surface area (Å²) < 4.78 is 21.8. The number of carbonyl (C=O) groups is 1. The molecule has 0 N–H and O–H groups in total. The molecule has 4 aromatic rings. The lowest BCUT2D eigenvalue weighted by atomic mass is 10.1. The van der Waals surface area contributed by atoms with Gasteiger partial charge in [0.2, 0.25) is 5.89 Å². The smallest absolute Gasteiger partial charge is 0.360 e. The zero-order valence-electron chi connectivity index (χ0n) is 13.7. The first-order chi connectivity index (χ1) is 12.2. The van der Waals surface area contributed by atoms with Gasteiger partial charge in [0.25, 0.3) is 0 Å². The molecule has 25 heavy (non-hydrogen) atoms. The summed E-state index contributed by atoms with van der Waals surface area (Å²) in [6.45, 7) is 2.02. The molecule has 6 heteroatoms. The number of hydrogen-bond donors (Lipinski definition) is 0. The summed E-state index contributed by atoms with van der Waals surface area (Å²) in [6.07, 6.45) is 1.30. The highest BCUT2D eigenvalue weighted by atomic mass is 16.5. The molecule has 0 amide bonds. The van der Waals surface area contributed by atoms with Gasteiger partial charge >= 0.3 is 5.97 Å². The van der Waals surface area contributed by atoms with Crippen molar-refractivity contribution in [3.8, 4) is 17.2 Å². The second-order valence-electron chi connectivity index (χ2n) is 5.38. The second kappa shape index (κ2) is 5.98. The summed E-state index contributed by atoms with van der Waals surface area (Å²) in [5, 5.41) is 1.74. The van der Waals surface area contributed by atoms with Crippen LogP contribution in [0.5, 0.6) is 5.75 Å². The van der Waals surface area contributed by atoms with Gasteiger partial charge in [-0.2, -0.15) is 0 Å². The molecule has 126 valence electrons. The Hall–Kier alpha value is -3.28. The number of oxazole rings is 1. The Kier molecular flexibility index (Phi) is 3.65. The lowest BCUT2D eigenvalue weighted by Crippen LogP contribution is -2.04. The minimum absolute atomic E-state index is 0.133. The number of benzene rings is 2. The van der Waals surface area contributed by atoms with E-state index >= 15 is 0 Å². The van der Waals surface area contributed by atoms with Crippen LogP contribution in [0, 0.1) is 0 Å². The SMILES string of the molecule is CCOC(=O)c1coc(-c2ccc(OC)c3oc4ccccc4c23)n1. The Morgan fingerprint density at radius 2 is 2.04 bits per heavy atom. The normalized spacial score (nSPS) is 11.1. The molecule has 0 bridgehead atoms. The number of fused-ring (bicyclic) bond motifs is 3. The van der Waals surface area contributed by atoms with E-state index in [-0.39, 0.29) is 12.3 Å². The van der Waals surface area contributed by atoms with Crippen molar-refractivity contribution in [1.29, 1.82) is 0 Å². The van der Waals surface area contributed by atoms with Crippen LogP contribution in [0.15, 0.2) is 51.5 Å². The first-order valence-corrected chi connectivity index (χ1v) is 7.84. The van der Waals surface area contributed by atoms with Gasteiger partial charge in [-0.1, -0.05) is 18.2 Å². The van der Waals surface area contributed by atoms with Gasteiger partial charge in [-0.3, -0.25) is 0 Å². The lowest BCUT2D eigenvalue weighted by Gasteiger charge is -2.03. The monoisotopic (exact) mass is 337 g/mol. The van der Waals surface area contributed by atoms with Gasteiger partial charge in [-0.25, -0.2) is 9.78 Å². The third kappa shape index (κ3) is 2.42. The predicted octanol–water partition coefficient (Wildman–Crippen LogP) is 4.43. The summed E-state index contributed by atoms with van der Waals surface area (Å²) >= 11 is 0. The Labute approximate surface area is 143 Å². The topological polar surface area (TPSA) is 74.7 Å². The van der Waals surface area contributed by atoms with Crippen LogP contribution in [-0.2, 0) is 4.74 Å². The Bertz CT molecular complexity index is 1080.